The highest BCUT2D eigenvalue weighted by Crippen LogP contribution is 2.42. The summed E-state index contributed by atoms with van der Waals surface area (Å²) in [7, 11) is 5.53. The quantitative estimate of drug-likeness (QED) is 0.639. The summed E-state index contributed by atoms with van der Waals surface area (Å²) in [6, 6.07) is 11.3. The van der Waals surface area contributed by atoms with Crippen molar-refractivity contribution in [1.29, 1.82) is 0 Å². The standard InChI is InChI=1S/C26H35N5.CH4O/c1-19-8-7-14-27-25(19)21-9-6-10-22(30(21)3)26-23(18-20-12-16-29(2)17-13-20)31-15-5-4-11-24(31)28-26;1-2/h4-5,7-8,11,14-15,20-22H,6,9-10,12-13,16-18H2,1-3H3;2H,1H3/t21-,22+;/m0./s1. The van der Waals surface area contributed by atoms with Gasteiger partial charge in [0, 0.05) is 25.2 Å². The van der Waals surface area contributed by atoms with E-state index in [1.54, 1.807) is 0 Å². The number of rotatable bonds is 4. The fraction of sp³-hybridized carbons (Fsp3) is 0.556. The van der Waals surface area contributed by atoms with E-state index in [4.69, 9.17) is 15.1 Å². The highest BCUT2D eigenvalue weighted by atomic mass is 16.2. The first-order valence-corrected chi connectivity index (χ1v) is 12.3. The van der Waals surface area contributed by atoms with Crippen LogP contribution in [0.3, 0.4) is 0 Å². The summed E-state index contributed by atoms with van der Waals surface area (Å²) in [5, 5.41) is 7.00. The lowest BCUT2D eigenvalue weighted by Gasteiger charge is -2.39. The van der Waals surface area contributed by atoms with Crippen LogP contribution in [0, 0.1) is 12.8 Å². The van der Waals surface area contributed by atoms with Crippen molar-refractivity contribution in [3.8, 4) is 0 Å². The third kappa shape index (κ3) is 4.98. The summed E-state index contributed by atoms with van der Waals surface area (Å²) >= 11 is 0. The highest BCUT2D eigenvalue weighted by molar-refractivity contribution is 5.44. The molecule has 0 saturated carbocycles. The fourth-order valence-electron chi connectivity index (χ4n) is 5.71. The second-order valence-corrected chi connectivity index (χ2v) is 9.66. The van der Waals surface area contributed by atoms with Crippen LogP contribution in [0.5, 0.6) is 0 Å². The van der Waals surface area contributed by atoms with Gasteiger partial charge < -0.3 is 14.4 Å². The van der Waals surface area contributed by atoms with Gasteiger partial charge in [-0.25, -0.2) is 4.98 Å². The fourth-order valence-corrected chi connectivity index (χ4v) is 5.71. The molecular formula is C27H39N5O. The Morgan fingerprint density at radius 3 is 2.39 bits per heavy atom. The monoisotopic (exact) mass is 449 g/mol. The normalized spacial score (nSPS) is 22.8. The Morgan fingerprint density at radius 1 is 0.939 bits per heavy atom. The van der Waals surface area contributed by atoms with Crippen LogP contribution in [0.15, 0.2) is 42.7 Å². The zero-order chi connectivity index (χ0) is 23.4. The molecule has 3 aromatic heterocycles. The molecule has 6 heteroatoms. The molecule has 0 bridgehead atoms. The summed E-state index contributed by atoms with van der Waals surface area (Å²) in [6.07, 6.45) is 11.4. The molecule has 5 heterocycles. The van der Waals surface area contributed by atoms with Crippen LogP contribution < -0.4 is 0 Å². The van der Waals surface area contributed by atoms with Crippen molar-refractivity contribution in [2.45, 2.75) is 57.5 Å². The van der Waals surface area contributed by atoms with Crippen molar-refractivity contribution in [2.75, 3.05) is 34.3 Å². The first-order valence-electron chi connectivity index (χ1n) is 12.3. The average molecular weight is 450 g/mol. The number of hydrogen-bond donors (Lipinski definition) is 1. The van der Waals surface area contributed by atoms with Crippen LogP contribution >= 0.6 is 0 Å². The van der Waals surface area contributed by atoms with Gasteiger partial charge in [0.05, 0.1) is 23.5 Å². The third-order valence-electron chi connectivity index (χ3n) is 7.60. The first-order chi connectivity index (χ1) is 16.1. The van der Waals surface area contributed by atoms with E-state index in [1.165, 1.54) is 67.8 Å². The van der Waals surface area contributed by atoms with E-state index >= 15 is 0 Å². The summed E-state index contributed by atoms with van der Waals surface area (Å²) in [5.41, 5.74) is 6.34. The van der Waals surface area contributed by atoms with E-state index in [0.29, 0.717) is 12.1 Å². The van der Waals surface area contributed by atoms with Crippen LogP contribution in [0.4, 0.5) is 0 Å². The molecule has 0 unspecified atom stereocenters. The SMILES string of the molecule is CO.Cc1cccnc1[C@@H]1CCC[C@H](c2nc3ccccn3c2CC2CCN(C)CC2)N1C. The Labute approximate surface area is 198 Å². The molecule has 0 aromatic carbocycles. The Morgan fingerprint density at radius 2 is 1.67 bits per heavy atom. The first kappa shape index (κ1) is 23.9. The molecule has 0 radical (unpaired) electrons. The van der Waals surface area contributed by atoms with Crippen molar-refractivity contribution in [3.63, 3.8) is 0 Å². The minimum Gasteiger partial charge on any atom is -0.400 e. The second kappa shape index (κ2) is 10.8. The predicted octanol–water partition coefficient (Wildman–Crippen LogP) is 4.43. The van der Waals surface area contributed by atoms with Gasteiger partial charge in [-0.15, -0.1) is 0 Å². The maximum Gasteiger partial charge on any atom is 0.137 e. The lowest BCUT2D eigenvalue weighted by atomic mass is 9.87. The number of aromatic nitrogens is 3. The van der Waals surface area contributed by atoms with Gasteiger partial charge in [0.15, 0.2) is 0 Å². The summed E-state index contributed by atoms with van der Waals surface area (Å²) < 4.78 is 2.36. The van der Waals surface area contributed by atoms with Crippen molar-refractivity contribution >= 4 is 5.65 Å². The van der Waals surface area contributed by atoms with Gasteiger partial charge in [0.2, 0.25) is 0 Å². The van der Waals surface area contributed by atoms with Crippen LogP contribution in [0.25, 0.3) is 5.65 Å². The van der Waals surface area contributed by atoms with E-state index in [0.717, 1.165) is 25.1 Å². The van der Waals surface area contributed by atoms with Crippen molar-refractivity contribution in [1.82, 2.24) is 24.2 Å². The lowest BCUT2D eigenvalue weighted by molar-refractivity contribution is 0.108. The van der Waals surface area contributed by atoms with E-state index in [9.17, 15) is 0 Å². The van der Waals surface area contributed by atoms with E-state index in [2.05, 4.69) is 65.7 Å². The molecule has 33 heavy (non-hydrogen) atoms. The molecule has 3 aromatic rings. The molecule has 0 aliphatic carbocycles. The number of aliphatic hydroxyl groups is 1. The Balaban J connectivity index is 0.00000126. The van der Waals surface area contributed by atoms with Gasteiger partial charge >= 0.3 is 0 Å². The lowest BCUT2D eigenvalue weighted by Crippen LogP contribution is -2.35. The molecule has 6 nitrogen and oxygen atoms in total. The van der Waals surface area contributed by atoms with Gasteiger partial charge in [-0.2, -0.15) is 0 Å². The summed E-state index contributed by atoms with van der Waals surface area (Å²) in [4.78, 5) is 15.0. The number of hydrogen-bond acceptors (Lipinski definition) is 5. The van der Waals surface area contributed by atoms with E-state index in [-0.39, 0.29) is 0 Å². The molecule has 178 valence electrons. The van der Waals surface area contributed by atoms with Gasteiger partial charge in [0.1, 0.15) is 5.65 Å². The molecule has 2 saturated heterocycles. The van der Waals surface area contributed by atoms with E-state index < -0.39 is 0 Å². The summed E-state index contributed by atoms with van der Waals surface area (Å²) in [5.74, 6) is 0.748. The zero-order valence-corrected chi connectivity index (χ0v) is 20.6. The largest absolute Gasteiger partial charge is 0.400 e. The number of aliphatic hydroxyl groups excluding tert-OH is 1. The Kier molecular flexibility index (Phi) is 7.78. The molecule has 2 atom stereocenters. The van der Waals surface area contributed by atoms with Crippen molar-refractivity contribution in [2.24, 2.45) is 5.92 Å². The van der Waals surface area contributed by atoms with Gasteiger partial charge in [-0.1, -0.05) is 12.1 Å². The Hall–Kier alpha value is -2.28. The number of piperidine rings is 2. The average Bonchev–Trinajstić information content (AvgIpc) is 3.21. The minimum absolute atomic E-state index is 0.348. The van der Waals surface area contributed by atoms with Crippen LogP contribution in [-0.4, -0.2) is 63.6 Å². The van der Waals surface area contributed by atoms with Crippen LogP contribution in [0.2, 0.25) is 0 Å². The number of fused-ring (bicyclic) bond motifs is 1. The zero-order valence-electron chi connectivity index (χ0n) is 20.6. The summed E-state index contributed by atoms with van der Waals surface area (Å²) in [6.45, 7) is 4.61. The van der Waals surface area contributed by atoms with Gasteiger partial charge in [-0.05, 0) is 102 Å². The minimum atomic E-state index is 0.348. The molecule has 2 fully saturated rings. The number of aryl methyl sites for hydroxylation is 1. The van der Waals surface area contributed by atoms with Crippen molar-refractivity contribution in [3.05, 3.63) is 65.4 Å². The van der Waals surface area contributed by atoms with Crippen LogP contribution in [-0.2, 0) is 6.42 Å². The maximum absolute atomic E-state index is 7.00. The van der Waals surface area contributed by atoms with Gasteiger partial charge in [-0.3, -0.25) is 9.88 Å². The molecule has 5 rings (SSSR count). The molecule has 0 spiro atoms. The number of imidazole rings is 1. The molecule has 2 aliphatic heterocycles. The number of nitrogens with zero attached hydrogens (tertiary/aromatic N) is 5. The van der Waals surface area contributed by atoms with Crippen LogP contribution in [0.1, 0.15) is 66.8 Å². The molecule has 1 N–H and O–H groups in total. The maximum atomic E-state index is 7.00. The van der Waals surface area contributed by atoms with E-state index in [1.807, 2.05) is 12.3 Å². The molecule has 2 aliphatic rings. The predicted molar refractivity (Wildman–Crippen MR) is 133 cm³/mol. The van der Waals surface area contributed by atoms with Crippen molar-refractivity contribution < 1.29 is 5.11 Å². The molecule has 0 amide bonds. The second-order valence-electron chi connectivity index (χ2n) is 9.66. The third-order valence-corrected chi connectivity index (χ3v) is 7.60. The smallest absolute Gasteiger partial charge is 0.137 e. The topological polar surface area (TPSA) is 56.9 Å². The molecular weight excluding hydrogens is 410 g/mol. The number of likely N-dealkylation sites (tertiary alicyclic amines) is 2. The number of pyridine rings is 2. The Bertz CT molecular complexity index is 1040. The highest BCUT2D eigenvalue weighted by Gasteiger charge is 2.35. The van der Waals surface area contributed by atoms with Gasteiger partial charge in [0.25, 0.3) is 0 Å².